The zero-order valence-electron chi connectivity index (χ0n) is 14.2. The second kappa shape index (κ2) is 7.02. The zero-order chi connectivity index (χ0) is 19.0. The lowest BCUT2D eigenvalue weighted by molar-refractivity contribution is 0.803. The first-order valence-electron chi connectivity index (χ1n) is 8.10. The van der Waals surface area contributed by atoms with Crippen LogP contribution < -0.4 is 10.9 Å². The minimum atomic E-state index is -0.430. The highest BCUT2D eigenvalue weighted by Crippen LogP contribution is 2.21. The van der Waals surface area contributed by atoms with E-state index in [-0.39, 0.29) is 5.02 Å². The van der Waals surface area contributed by atoms with Crippen molar-refractivity contribution in [2.24, 2.45) is 0 Å². The molecule has 1 N–H and O–H groups in total. The van der Waals surface area contributed by atoms with Gasteiger partial charge in [0.1, 0.15) is 5.02 Å². The summed E-state index contributed by atoms with van der Waals surface area (Å²) < 4.78 is 2.93. The standard InChI is InChI=1S/C18H14Cl2N6O/c1-11-2-3-12(8-14(11)19)26-18(27)17(20)15(10-24-26)22-9-13-4-6-21-16-5-7-23-25(13)16/h2-8,10,22H,9H2,1H3. The van der Waals surface area contributed by atoms with Crippen LogP contribution in [0.5, 0.6) is 0 Å². The van der Waals surface area contributed by atoms with Gasteiger partial charge in [-0.05, 0) is 30.7 Å². The lowest BCUT2D eigenvalue weighted by Gasteiger charge is -2.11. The Bertz CT molecular complexity index is 1200. The fraction of sp³-hybridized carbons (Fsp3) is 0.111. The van der Waals surface area contributed by atoms with E-state index < -0.39 is 5.56 Å². The van der Waals surface area contributed by atoms with Crippen LogP contribution in [0.1, 0.15) is 11.3 Å². The lowest BCUT2D eigenvalue weighted by atomic mass is 10.2. The molecule has 4 rings (SSSR count). The van der Waals surface area contributed by atoms with Gasteiger partial charge >= 0.3 is 0 Å². The highest BCUT2D eigenvalue weighted by molar-refractivity contribution is 6.33. The number of hydrogen-bond donors (Lipinski definition) is 1. The summed E-state index contributed by atoms with van der Waals surface area (Å²) in [6.07, 6.45) is 4.89. The molecule has 0 amide bonds. The minimum absolute atomic E-state index is 0.0486. The first kappa shape index (κ1) is 17.5. The summed E-state index contributed by atoms with van der Waals surface area (Å²) >= 11 is 12.4. The van der Waals surface area contributed by atoms with Crippen LogP contribution in [0, 0.1) is 6.92 Å². The van der Waals surface area contributed by atoms with Gasteiger partial charge in [0.25, 0.3) is 5.56 Å². The molecule has 3 heterocycles. The molecule has 0 radical (unpaired) electrons. The van der Waals surface area contributed by atoms with Gasteiger partial charge in [-0.3, -0.25) is 4.79 Å². The predicted molar refractivity (Wildman–Crippen MR) is 105 cm³/mol. The number of nitrogens with one attached hydrogen (secondary N) is 1. The van der Waals surface area contributed by atoms with Gasteiger partial charge in [-0.25, -0.2) is 9.50 Å². The maximum Gasteiger partial charge on any atom is 0.292 e. The van der Waals surface area contributed by atoms with Crippen molar-refractivity contribution in [3.8, 4) is 5.69 Å². The van der Waals surface area contributed by atoms with Gasteiger partial charge in [0, 0.05) is 17.3 Å². The van der Waals surface area contributed by atoms with E-state index in [0.717, 1.165) is 16.9 Å². The predicted octanol–water partition coefficient (Wildman–Crippen LogP) is 3.50. The Labute approximate surface area is 164 Å². The Morgan fingerprint density at radius 1 is 1.11 bits per heavy atom. The molecule has 0 spiro atoms. The van der Waals surface area contributed by atoms with E-state index in [0.29, 0.717) is 22.9 Å². The Balaban J connectivity index is 1.63. The van der Waals surface area contributed by atoms with Crippen molar-refractivity contribution in [2.75, 3.05) is 5.32 Å². The Hall–Kier alpha value is -2.90. The molecular formula is C18H14Cl2N6O. The number of benzene rings is 1. The molecule has 0 aliphatic carbocycles. The van der Waals surface area contributed by atoms with Crippen molar-refractivity contribution < 1.29 is 0 Å². The van der Waals surface area contributed by atoms with Crippen molar-refractivity contribution in [3.05, 3.63) is 80.6 Å². The number of hydrogen-bond acceptors (Lipinski definition) is 5. The third-order valence-electron chi connectivity index (χ3n) is 4.15. The summed E-state index contributed by atoms with van der Waals surface area (Å²) in [5.74, 6) is 0. The number of anilines is 1. The molecule has 0 aliphatic rings. The summed E-state index contributed by atoms with van der Waals surface area (Å²) in [5, 5.41) is 12.2. The Kier molecular flexibility index (Phi) is 4.55. The van der Waals surface area contributed by atoms with Gasteiger partial charge < -0.3 is 5.32 Å². The average Bonchev–Trinajstić information content (AvgIpc) is 3.15. The van der Waals surface area contributed by atoms with Crippen LogP contribution in [0.25, 0.3) is 11.3 Å². The van der Waals surface area contributed by atoms with E-state index in [1.165, 1.54) is 10.9 Å². The first-order valence-corrected chi connectivity index (χ1v) is 8.86. The van der Waals surface area contributed by atoms with Gasteiger partial charge in [0.2, 0.25) is 0 Å². The third kappa shape index (κ3) is 3.27. The van der Waals surface area contributed by atoms with Crippen LogP contribution >= 0.6 is 23.2 Å². The second-order valence-corrected chi connectivity index (χ2v) is 6.70. The number of aromatic nitrogens is 5. The van der Waals surface area contributed by atoms with Crippen molar-refractivity contribution >= 4 is 34.5 Å². The molecule has 0 saturated carbocycles. The highest BCUT2D eigenvalue weighted by Gasteiger charge is 2.12. The van der Waals surface area contributed by atoms with Gasteiger partial charge in [0.15, 0.2) is 5.65 Å². The molecule has 7 nitrogen and oxygen atoms in total. The van der Waals surface area contributed by atoms with Gasteiger partial charge in [-0.15, -0.1) is 0 Å². The molecule has 0 aliphatic heterocycles. The normalized spacial score (nSPS) is 11.1. The van der Waals surface area contributed by atoms with Gasteiger partial charge in [-0.2, -0.15) is 14.9 Å². The minimum Gasteiger partial charge on any atom is -0.377 e. The van der Waals surface area contributed by atoms with Crippen LogP contribution in [-0.2, 0) is 6.54 Å². The number of rotatable bonds is 4. The number of aryl methyl sites for hydroxylation is 1. The number of nitrogens with zero attached hydrogens (tertiary/aromatic N) is 5. The molecule has 136 valence electrons. The first-order chi connectivity index (χ1) is 13.0. The molecule has 0 saturated heterocycles. The zero-order valence-corrected chi connectivity index (χ0v) is 15.7. The molecular weight excluding hydrogens is 387 g/mol. The van der Waals surface area contributed by atoms with E-state index in [1.54, 1.807) is 29.0 Å². The maximum absolute atomic E-state index is 12.6. The van der Waals surface area contributed by atoms with Crippen molar-refractivity contribution in [2.45, 2.75) is 13.5 Å². The van der Waals surface area contributed by atoms with Gasteiger partial charge in [-0.1, -0.05) is 29.3 Å². The van der Waals surface area contributed by atoms with Crippen LogP contribution in [0.2, 0.25) is 10.0 Å². The largest absolute Gasteiger partial charge is 0.377 e. The third-order valence-corrected chi connectivity index (χ3v) is 4.92. The molecule has 0 fully saturated rings. The SMILES string of the molecule is Cc1ccc(-n2ncc(NCc3ccnc4ccnn34)c(Cl)c2=O)cc1Cl. The summed E-state index contributed by atoms with van der Waals surface area (Å²) in [7, 11) is 0. The Morgan fingerprint density at radius 3 is 2.78 bits per heavy atom. The van der Waals surface area contributed by atoms with E-state index in [9.17, 15) is 4.79 Å². The fourth-order valence-electron chi connectivity index (χ4n) is 2.66. The average molecular weight is 401 g/mol. The summed E-state index contributed by atoms with van der Waals surface area (Å²) in [4.78, 5) is 16.8. The van der Waals surface area contributed by atoms with E-state index >= 15 is 0 Å². The van der Waals surface area contributed by atoms with Crippen LogP contribution in [0.4, 0.5) is 5.69 Å². The van der Waals surface area contributed by atoms with Crippen LogP contribution in [0.3, 0.4) is 0 Å². The molecule has 4 aromatic rings. The van der Waals surface area contributed by atoms with Crippen LogP contribution in [0.15, 0.2) is 53.7 Å². The Morgan fingerprint density at radius 2 is 1.96 bits per heavy atom. The summed E-state index contributed by atoms with van der Waals surface area (Å²) in [6.45, 7) is 2.29. The smallest absolute Gasteiger partial charge is 0.292 e. The topological polar surface area (TPSA) is 77.1 Å². The lowest BCUT2D eigenvalue weighted by Crippen LogP contribution is -2.23. The molecule has 27 heavy (non-hydrogen) atoms. The maximum atomic E-state index is 12.6. The van der Waals surface area contributed by atoms with E-state index in [2.05, 4.69) is 20.5 Å². The molecule has 0 atom stereocenters. The molecule has 0 bridgehead atoms. The summed E-state index contributed by atoms with van der Waals surface area (Å²) in [5.41, 5.74) is 3.09. The summed E-state index contributed by atoms with van der Waals surface area (Å²) in [6, 6.07) is 8.92. The molecule has 3 aromatic heterocycles. The second-order valence-electron chi connectivity index (χ2n) is 5.91. The quantitative estimate of drug-likeness (QED) is 0.567. The monoisotopic (exact) mass is 400 g/mol. The van der Waals surface area contributed by atoms with Crippen molar-refractivity contribution in [3.63, 3.8) is 0 Å². The molecule has 9 heteroatoms. The van der Waals surface area contributed by atoms with Gasteiger partial charge in [0.05, 0.1) is 36.0 Å². The fourth-order valence-corrected chi connectivity index (χ4v) is 3.03. The number of fused-ring (bicyclic) bond motifs is 1. The van der Waals surface area contributed by atoms with E-state index in [1.807, 2.05) is 25.1 Å². The van der Waals surface area contributed by atoms with Crippen molar-refractivity contribution in [1.82, 2.24) is 24.4 Å². The number of halogens is 2. The van der Waals surface area contributed by atoms with E-state index in [4.69, 9.17) is 23.2 Å². The molecule has 1 aromatic carbocycles. The highest BCUT2D eigenvalue weighted by atomic mass is 35.5. The molecule has 0 unspecified atom stereocenters. The van der Waals surface area contributed by atoms with Crippen molar-refractivity contribution in [1.29, 1.82) is 0 Å². The van der Waals surface area contributed by atoms with Crippen LogP contribution in [-0.4, -0.2) is 24.4 Å².